The Labute approximate surface area is 115 Å². The predicted octanol–water partition coefficient (Wildman–Crippen LogP) is 2.50. The normalized spacial score (nSPS) is 21.9. The van der Waals surface area contributed by atoms with Crippen LogP contribution in [0, 0.1) is 16.7 Å². The van der Waals surface area contributed by atoms with Gasteiger partial charge >= 0.3 is 0 Å². The Morgan fingerprint density at radius 3 is 2.32 bits per heavy atom. The van der Waals surface area contributed by atoms with Gasteiger partial charge in [0.05, 0.1) is 6.07 Å². The molecule has 0 unspecified atom stereocenters. The fraction of sp³-hybridized carbons (Fsp3) is 0.562. The zero-order valence-electron chi connectivity index (χ0n) is 11.4. The summed E-state index contributed by atoms with van der Waals surface area (Å²) in [6.07, 6.45) is 3.24. The van der Waals surface area contributed by atoms with Gasteiger partial charge in [0, 0.05) is 44.8 Å². The van der Waals surface area contributed by atoms with Crippen LogP contribution in [0.5, 0.6) is 0 Å². The number of piperazine rings is 1. The van der Waals surface area contributed by atoms with E-state index in [0.717, 1.165) is 39.1 Å². The maximum Gasteiger partial charge on any atom is 0.0628 e. The molecular weight excluding hydrogens is 234 g/mol. The van der Waals surface area contributed by atoms with Crippen molar-refractivity contribution in [2.24, 2.45) is 5.41 Å². The average molecular weight is 255 g/mol. The van der Waals surface area contributed by atoms with Gasteiger partial charge in [-0.1, -0.05) is 18.2 Å². The first kappa shape index (κ1) is 12.5. The van der Waals surface area contributed by atoms with Crippen LogP contribution < -0.4 is 4.90 Å². The zero-order chi connectivity index (χ0) is 13.1. The van der Waals surface area contributed by atoms with Crippen LogP contribution in [-0.2, 0) is 0 Å². The van der Waals surface area contributed by atoms with Crippen LogP contribution in [-0.4, -0.2) is 37.6 Å². The van der Waals surface area contributed by atoms with Crippen molar-refractivity contribution in [1.29, 1.82) is 5.26 Å². The molecule has 2 fully saturated rings. The SMILES string of the molecule is N#CCC1(CN2CCN(c3ccccc3)CC2)CC1. The van der Waals surface area contributed by atoms with Gasteiger partial charge in [-0.3, -0.25) is 4.90 Å². The van der Waals surface area contributed by atoms with Crippen molar-refractivity contribution < 1.29 is 0 Å². The lowest BCUT2D eigenvalue weighted by molar-refractivity contribution is 0.209. The zero-order valence-corrected chi connectivity index (χ0v) is 11.4. The summed E-state index contributed by atoms with van der Waals surface area (Å²) in [6, 6.07) is 13.0. The third-order valence-electron chi connectivity index (χ3n) is 4.46. The van der Waals surface area contributed by atoms with Gasteiger partial charge in [-0.25, -0.2) is 0 Å². The molecule has 0 spiro atoms. The second-order valence-corrected chi connectivity index (χ2v) is 5.93. The van der Waals surface area contributed by atoms with E-state index in [0.29, 0.717) is 5.41 Å². The summed E-state index contributed by atoms with van der Waals surface area (Å²) in [7, 11) is 0. The second-order valence-electron chi connectivity index (χ2n) is 5.93. The summed E-state index contributed by atoms with van der Waals surface area (Å²) >= 11 is 0. The lowest BCUT2D eigenvalue weighted by atomic mass is 10.0. The topological polar surface area (TPSA) is 30.3 Å². The lowest BCUT2D eigenvalue weighted by Crippen LogP contribution is -2.48. The monoisotopic (exact) mass is 255 g/mol. The van der Waals surface area contributed by atoms with Gasteiger partial charge in [0.25, 0.3) is 0 Å². The van der Waals surface area contributed by atoms with Gasteiger partial charge < -0.3 is 4.90 Å². The van der Waals surface area contributed by atoms with E-state index in [1.54, 1.807) is 0 Å². The molecule has 1 saturated carbocycles. The Hall–Kier alpha value is -1.53. The molecule has 1 aromatic rings. The van der Waals surface area contributed by atoms with Crippen LogP contribution in [0.4, 0.5) is 5.69 Å². The fourth-order valence-electron chi connectivity index (χ4n) is 3.01. The van der Waals surface area contributed by atoms with E-state index in [1.165, 1.54) is 18.5 Å². The Morgan fingerprint density at radius 2 is 1.74 bits per heavy atom. The van der Waals surface area contributed by atoms with Crippen LogP contribution in [0.25, 0.3) is 0 Å². The number of rotatable bonds is 4. The summed E-state index contributed by atoms with van der Waals surface area (Å²) in [5.74, 6) is 0. The van der Waals surface area contributed by atoms with Crippen molar-refractivity contribution in [3.05, 3.63) is 30.3 Å². The largest absolute Gasteiger partial charge is 0.369 e. The summed E-state index contributed by atoms with van der Waals surface area (Å²) in [5, 5.41) is 8.89. The lowest BCUT2D eigenvalue weighted by Gasteiger charge is -2.37. The third-order valence-corrected chi connectivity index (χ3v) is 4.46. The summed E-state index contributed by atoms with van der Waals surface area (Å²) in [5.41, 5.74) is 1.68. The fourth-order valence-corrected chi connectivity index (χ4v) is 3.01. The van der Waals surface area contributed by atoms with Crippen molar-refractivity contribution in [2.45, 2.75) is 19.3 Å². The minimum Gasteiger partial charge on any atom is -0.369 e. The Kier molecular flexibility index (Phi) is 3.44. The predicted molar refractivity (Wildman–Crippen MR) is 77.0 cm³/mol. The van der Waals surface area contributed by atoms with Gasteiger partial charge in [-0.15, -0.1) is 0 Å². The molecule has 2 aliphatic rings. The molecule has 1 heterocycles. The van der Waals surface area contributed by atoms with Crippen LogP contribution in [0.15, 0.2) is 30.3 Å². The van der Waals surface area contributed by atoms with Crippen LogP contribution in [0.2, 0.25) is 0 Å². The average Bonchev–Trinajstić information content (AvgIpc) is 3.20. The molecule has 1 saturated heterocycles. The van der Waals surface area contributed by atoms with Crippen molar-refractivity contribution in [3.63, 3.8) is 0 Å². The molecule has 0 radical (unpaired) electrons. The summed E-state index contributed by atoms with van der Waals surface area (Å²) in [4.78, 5) is 5.00. The molecule has 0 aromatic heterocycles. The highest BCUT2D eigenvalue weighted by Gasteiger charge is 2.43. The highest BCUT2D eigenvalue weighted by Crippen LogP contribution is 2.49. The molecule has 3 rings (SSSR count). The molecule has 19 heavy (non-hydrogen) atoms. The molecule has 0 atom stereocenters. The molecule has 3 heteroatoms. The van der Waals surface area contributed by atoms with Gasteiger partial charge in [-0.2, -0.15) is 5.26 Å². The van der Waals surface area contributed by atoms with Crippen LogP contribution >= 0.6 is 0 Å². The molecule has 1 aliphatic heterocycles. The number of hydrogen-bond acceptors (Lipinski definition) is 3. The van der Waals surface area contributed by atoms with Gasteiger partial charge in [-0.05, 0) is 30.4 Å². The van der Waals surface area contributed by atoms with E-state index in [2.05, 4.69) is 46.2 Å². The summed E-state index contributed by atoms with van der Waals surface area (Å²) < 4.78 is 0. The number of hydrogen-bond donors (Lipinski definition) is 0. The van der Waals surface area contributed by atoms with E-state index in [9.17, 15) is 0 Å². The molecule has 3 nitrogen and oxygen atoms in total. The molecule has 1 aliphatic carbocycles. The van der Waals surface area contributed by atoms with Crippen molar-refractivity contribution >= 4 is 5.69 Å². The Bertz CT molecular complexity index is 451. The smallest absolute Gasteiger partial charge is 0.0628 e. The van der Waals surface area contributed by atoms with E-state index in [4.69, 9.17) is 5.26 Å². The maximum atomic E-state index is 8.89. The maximum absolute atomic E-state index is 8.89. The molecule has 0 N–H and O–H groups in total. The highest BCUT2D eigenvalue weighted by atomic mass is 15.3. The Balaban J connectivity index is 1.52. The first-order chi connectivity index (χ1) is 9.31. The third kappa shape index (κ3) is 2.90. The highest BCUT2D eigenvalue weighted by molar-refractivity contribution is 5.46. The minimum atomic E-state index is 0.351. The standard InChI is InChI=1S/C16H21N3/c17-9-8-16(6-7-16)14-18-10-12-19(13-11-18)15-4-2-1-3-5-15/h1-5H,6-8,10-14H2. The molecular formula is C16H21N3. The van der Waals surface area contributed by atoms with Crippen LogP contribution in [0.3, 0.4) is 0 Å². The minimum absolute atomic E-state index is 0.351. The quantitative estimate of drug-likeness (QED) is 0.828. The van der Waals surface area contributed by atoms with E-state index < -0.39 is 0 Å². The van der Waals surface area contributed by atoms with Crippen molar-refractivity contribution in [3.8, 4) is 6.07 Å². The van der Waals surface area contributed by atoms with Gasteiger partial charge in [0.2, 0.25) is 0 Å². The molecule has 100 valence electrons. The van der Waals surface area contributed by atoms with Crippen molar-refractivity contribution in [1.82, 2.24) is 4.90 Å². The molecule has 1 aromatic carbocycles. The molecule has 0 bridgehead atoms. The van der Waals surface area contributed by atoms with Crippen molar-refractivity contribution in [2.75, 3.05) is 37.6 Å². The number of nitrogens with zero attached hydrogens (tertiary/aromatic N) is 3. The second kappa shape index (κ2) is 5.22. The summed E-state index contributed by atoms with van der Waals surface area (Å²) in [6.45, 7) is 5.59. The number of nitriles is 1. The van der Waals surface area contributed by atoms with E-state index in [1.807, 2.05) is 0 Å². The first-order valence-electron chi connectivity index (χ1n) is 7.21. The number of anilines is 1. The van der Waals surface area contributed by atoms with E-state index in [-0.39, 0.29) is 0 Å². The Morgan fingerprint density at radius 1 is 1.05 bits per heavy atom. The van der Waals surface area contributed by atoms with Crippen LogP contribution in [0.1, 0.15) is 19.3 Å². The van der Waals surface area contributed by atoms with E-state index >= 15 is 0 Å². The van der Waals surface area contributed by atoms with Gasteiger partial charge in [0.1, 0.15) is 0 Å². The van der Waals surface area contributed by atoms with Gasteiger partial charge in [0.15, 0.2) is 0 Å². The number of para-hydroxylation sites is 1. The first-order valence-corrected chi connectivity index (χ1v) is 7.21. The molecule has 0 amide bonds. The number of benzene rings is 1.